The number of aryl methyl sites for hydroxylation is 1. The van der Waals surface area contributed by atoms with Crippen molar-refractivity contribution in [3.05, 3.63) is 65.7 Å². The molecule has 1 amide bonds. The van der Waals surface area contributed by atoms with Crippen LogP contribution in [0, 0.1) is 0 Å². The summed E-state index contributed by atoms with van der Waals surface area (Å²) in [5, 5.41) is 2.75. The van der Waals surface area contributed by atoms with Crippen LogP contribution in [0.3, 0.4) is 0 Å². The lowest BCUT2D eigenvalue weighted by Crippen LogP contribution is -2.23. The van der Waals surface area contributed by atoms with Gasteiger partial charge in [-0.25, -0.2) is 0 Å². The SMILES string of the molecule is CCc1cccc(NC(=O)COC(=O)[C@H](CC)c2ccccc2)c1. The average molecular weight is 325 g/mol. The highest BCUT2D eigenvalue weighted by molar-refractivity contribution is 5.93. The van der Waals surface area contributed by atoms with E-state index < -0.39 is 0 Å². The van der Waals surface area contributed by atoms with Crippen molar-refractivity contribution in [3.8, 4) is 0 Å². The molecule has 2 aromatic carbocycles. The standard InChI is InChI=1S/C20H23NO3/c1-3-15-9-8-12-17(13-15)21-19(22)14-24-20(23)18(4-2)16-10-6-5-7-11-16/h5-13,18H,3-4,14H2,1-2H3,(H,21,22)/t18-/m1/s1. The third kappa shape index (κ3) is 4.95. The number of nitrogens with one attached hydrogen (secondary N) is 1. The second-order valence-electron chi connectivity index (χ2n) is 5.58. The van der Waals surface area contributed by atoms with E-state index in [1.807, 2.05) is 61.5 Å². The maximum Gasteiger partial charge on any atom is 0.313 e. The summed E-state index contributed by atoms with van der Waals surface area (Å²) in [7, 11) is 0. The Kier molecular flexibility index (Phi) is 6.55. The minimum Gasteiger partial charge on any atom is -0.455 e. The molecule has 0 saturated carbocycles. The van der Waals surface area contributed by atoms with Gasteiger partial charge in [0.05, 0.1) is 5.92 Å². The number of esters is 1. The Balaban J connectivity index is 1.89. The Labute approximate surface area is 142 Å². The first-order chi connectivity index (χ1) is 11.6. The summed E-state index contributed by atoms with van der Waals surface area (Å²) >= 11 is 0. The van der Waals surface area contributed by atoms with Crippen molar-refractivity contribution in [2.45, 2.75) is 32.6 Å². The van der Waals surface area contributed by atoms with Crippen LogP contribution in [-0.2, 0) is 20.7 Å². The molecular weight excluding hydrogens is 302 g/mol. The number of ether oxygens (including phenoxy) is 1. The molecule has 2 aromatic rings. The maximum atomic E-state index is 12.2. The molecule has 126 valence electrons. The molecule has 2 rings (SSSR count). The number of hydrogen-bond acceptors (Lipinski definition) is 3. The summed E-state index contributed by atoms with van der Waals surface area (Å²) in [4.78, 5) is 24.2. The summed E-state index contributed by atoms with van der Waals surface area (Å²) in [6.07, 6.45) is 1.52. The van der Waals surface area contributed by atoms with Crippen molar-refractivity contribution in [1.29, 1.82) is 0 Å². The molecule has 0 radical (unpaired) electrons. The van der Waals surface area contributed by atoms with Crippen LogP contribution >= 0.6 is 0 Å². The fourth-order valence-electron chi connectivity index (χ4n) is 2.53. The zero-order valence-electron chi connectivity index (χ0n) is 14.1. The summed E-state index contributed by atoms with van der Waals surface area (Å²) in [6.45, 7) is 3.70. The average Bonchev–Trinajstić information content (AvgIpc) is 2.61. The molecule has 4 heteroatoms. The number of carbonyl (C=O) groups excluding carboxylic acids is 2. The summed E-state index contributed by atoms with van der Waals surface area (Å²) in [6, 6.07) is 17.1. The van der Waals surface area contributed by atoms with Gasteiger partial charge in [-0.1, -0.05) is 56.3 Å². The van der Waals surface area contributed by atoms with Crippen LogP contribution in [0.2, 0.25) is 0 Å². The van der Waals surface area contributed by atoms with Gasteiger partial charge in [0.1, 0.15) is 0 Å². The van der Waals surface area contributed by atoms with Crippen molar-refractivity contribution in [3.63, 3.8) is 0 Å². The van der Waals surface area contributed by atoms with E-state index >= 15 is 0 Å². The highest BCUT2D eigenvalue weighted by Crippen LogP contribution is 2.20. The fourth-order valence-corrected chi connectivity index (χ4v) is 2.53. The van der Waals surface area contributed by atoms with Crippen molar-refractivity contribution in [2.24, 2.45) is 0 Å². The molecule has 0 aromatic heterocycles. The molecule has 0 saturated heterocycles. The molecule has 0 bridgehead atoms. The predicted molar refractivity (Wildman–Crippen MR) is 94.9 cm³/mol. The molecule has 0 aliphatic rings. The molecule has 4 nitrogen and oxygen atoms in total. The van der Waals surface area contributed by atoms with Crippen LogP contribution in [0.5, 0.6) is 0 Å². The molecule has 0 fully saturated rings. The third-order valence-corrected chi connectivity index (χ3v) is 3.86. The minimum atomic E-state index is -0.374. The first-order valence-electron chi connectivity index (χ1n) is 8.24. The second kappa shape index (κ2) is 8.87. The lowest BCUT2D eigenvalue weighted by Gasteiger charge is -2.14. The monoisotopic (exact) mass is 325 g/mol. The number of anilines is 1. The van der Waals surface area contributed by atoms with E-state index in [4.69, 9.17) is 4.74 Å². The second-order valence-corrected chi connectivity index (χ2v) is 5.58. The topological polar surface area (TPSA) is 55.4 Å². The summed E-state index contributed by atoms with van der Waals surface area (Å²) < 4.78 is 5.19. The van der Waals surface area contributed by atoms with Gasteiger partial charge >= 0.3 is 5.97 Å². The van der Waals surface area contributed by atoms with Crippen molar-refractivity contribution in [1.82, 2.24) is 0 Å². The van der Waals surface area contributed by atoms with Gasteiger partial charge in [0.2, 0.25) is 0 Å². The minimum absolute atomic E-state index is 0.279. The van der Waals surface area contributed by atoms with Gasteiger partial charge in [-0.2, -0.15) is 0 Å². The van der Waals surface area contributed by atoms with Crippen LogP contribution < -0.4 is 5.32 Å². The van der Waals surface area contributed by atoms with Crippen molar-refractivity contribution >= 4 is 17.6 Å². The smallest absolute Gasteiger partial charge is 0.313 e. The van der Waals surface area contributed by atoms with Gasteiger partial charge in [0, 0.05) is 5.69 Å². The molecule has 0 aliphatic carbocycles. The fraction of sp³-hybridized carbons (Fsp3) is 0.300. The highest BCUT2D eigenvalue weighted by Gasteiger charge is 2.20. The van der Waals surface area contributed by atoms with Gasteiger partial charge in [-0.05, 0) is 36.1 Å². The first-order valence-corrected chi connectivity index (χ1v) is 8.24. The largest absolute Gasteiger partial charge is 0.455 e. The zero-order chi connectivity index (χ0) is 17.4. The van der Waals surface area contributed by atoms with Crippen molar-refractivity contribution in [2.75, 3.05) is 11.9 Å². The number of rotatable bonds is 7. The Morgan fingerprint density at radius 2 is 1.79 bits per heavy atom. The quantitative estimate of drug-likeness (QED) is 0.785. The molecule has 1 N–H and O–H groups in total. The van der Waals surface area contributed by atoms with Gasteiger partial charge in [-0.15, -0.1) is 0 Å². The van der Waals surface area contributed by atoms with E-state index in [1.54, 1.807) is 0 Å². The van der Waals surface area contributed by atoms with Gasteiger partial charge in [0.25, 0.3) is 5.91 Å². The molecular formula is C20H23NO3. The highest BCUT2D eigenvalue weighted by atomic mass is 16.5. The van der Waals surface area contributed by atoms with Crippen LogP contribution in [0.4, 0.5) is 5.69 Å². The number of benzene rings is 2. The normalized spacial score (nSPS) is 11.6. The summed E-state index contributed by atoms with van der Waals surface area (Å²) in [5.41, 5.74) is 2.76. The lowest BCUT2D eigenvalue weighted by molar-refractivity contribution is -0.149. The van der Waals surface area contributed by atoms with Crippen LogP contribution in [0.25, 0.3) is 0 Å². The Bertz CT molecular complexity index is 682. The number of amides is 1. The molecule has 0 aliphatic heterocycles. The molecule has 0 unspecified atom stereocenters. The third-order valence-electron chi connectivity index (χ3n) is 3.86. The van der Waals surface area contributed by atoms with Crippen LogP contribution in [0.1, 0.15) is 37.3 Å². The Morgan fingerprint density at radius 1 is 1.04 bits per heavy atom. The van der Waals surface area contributed by atoms with E-state index in [1.165, 1.54) is 0 Å². The van der Waals surface area contributed by atoms with Crippen molar-refractivity contribution < 1.29 is 14.3 Å². The number of hydrogen-bond donors (Lipinski definition) is 1. The predicted octanol–water partition coefficient (Wildman–Crippen LogP) is 3.92. The van der Waals surface area contributed by atoms with Gasteiger partial charge in [-0.3, -0.25) is 9.59 Å². The first kappa shape index (κ1) is 17.7. The van der Waals surface area contributed by atoms with Gasteiger partial charge in [0.15, 0.2) is 6.61 Å². The maximum absolute atomic E-state index is 12.2. The molecule has 1 atom stereocenters. The van der Waals surface area contributed by atoms with Crippen LogP contribution in [-0.4, -0.2) is 18.5 Å². The Hall–Kier alpha value is -2.62. The lowest BCUT2D eigenvalue weighted by atomic mass is 9.97. The number of carbonyl (C=O) groups is 2. The van der Waals surface area contributed by atoms with E-state index in [-0.39, 0.29) is 24.4 Å². The van der Waals surface area contributed by atoms with Crippen LogP contribution in [0.15, 0.2) is 54.6 Å². The summed E-state index contributed by atoms with van der Waals surface area (Å²) in [5.74, 6) is -1.05. The molecule has 0 spiro atoms. The van der Waals surface area contributed by atoms with Gasteiger partial charge < -0.3 is 10.1 Å². The van der Waals surface area contributed by atoms with E-state index in [9.17, 15) is 9.59 Å². The Morgan fingerprint density at radius 3 is 2.46 bits per heavy atom. The van der Waals surface area contributed by atoms with E-state index in [2.05, 4.69) is 12.2 Å². The molecule has 24 heavy (non-hydrogen) atoms. The van der Waals surface area contributed by atoms with E-state index in [0.29, 0.717) is 12.1 Å². The van der Waals surface area contributed by atoms with E-state index in [0.717, 1.165) is 17.5 Å². The zero-order valence-corrected chi connectivity index (χ0v) is 14.1. The molecule has 0 heterocycles.